The molecule has 15 heteroatoms. The molecule has 0 aliphatic rings. The number of carboxylic acids is 1. The highest BCUT2D eigenvalue weighted by Gasteiger charge is 2.23. The summed E-state index contributed by atoms with van der Waals surface area (Å²) in [6.07, 6.45) is 16.7. The minimum Gasteiger partial charge on any atom is -0.493 e. The number of methoxy groups -OCH3 is 1. The molecule has 0 radical (unpaired) electrons. The fourth-order valence-electron chi connectivity index (χ4n) is 6.69. The fourth-order valence-corrected chi connectivity index (χ4v) is 8.18. The van der Waals surface area contributed by atoms with Crippen LogP contribution in [0, 0.1) is 0 Å². The minimum atomic E-state index is -4.63. The smallest absolute Gasteiger partial charge is 0.335 e. The maximum Gasteiger partial charge on any atom is 0.335 e. The van der Waals surface area contributed by atoms with E-state index in [0.717, 1.165) is 25.3 Å². The van der Waals surface area contributed by atoms with Crippen molar-refractivity contribution in [1.82, 2.24) is 9.40 Å². The van der Waals surface area contributed by atoms with E-state index in [0.29, 0.717) is 41.3 Å². The molecule has 0 saturated carbocycles. The van der Waals surface area contributed by atoms with Gasteiger partial charge in [0.05, 0.1) is 47.4 Å². The molecule has 3 N–H and O–H groups in total. The molecule has 0 bridgehead atoms. The van der Waals surface area contributed by atoms with E-state index in [1.54, 1.807) is 35.9 Å². The van der Waals surface area contributed by atoms with Crippen LogP contribution in [0.2, 0.25) is 0 Å². The van der Waals surface area contributed by atoms with E-state index in [1.165, 1.54) is 102 Å². The topological polar surface area (TPSA) is 183 Å². The zero-order valence-corrected chi connectivity index (χ0v) is 35.1. The number of hydrogen-bond donors (Lipinski definition) is 3. The Morgan fingerprint density at radius 3 is 1.93 bits per heavy atom. The van der Waals surface area contributed by atoms with Crippen LogP contribution in [0.15, 0.2) is 75.6 Å². The number of sulfonamides is 1. The van der Waals surface area contributed by atoms with E-state index >= 15 is 0 Å². The molecule has 13 nitrogen and oxygen atoms in total. The number of nitrogens with zero attached hydrogens (tertiary/aromatic N) is 2. The van der Waals surface area contributed by atoms with Crippen LogP contribution in [0.5, 0.6) is 17.2 Å². The Hall–Kier alpha value is -4.60. The van der Waals surface area contributed by atoms with Gasteiger partial charge in [-0.1, -0.05) is 90.4 Å². The minimum absolute atomic E-state index is 0.0132. The molecule has 0 amide bonds. The monoisotopic (exact) mass is 827 g/mol. The standard InChI is InChI=1S/C42H57N3O10S2/c1-5-7-8-9-10-11-12-13-14-15-16-17-18-19-26-55-39-25-21-32(42(46)47)28-41(39)56(48,49)44-43-35-30-37(31-20-24-38(54-6-2)40(27-31)53-4)45(3)36-23-22-33(29-34(35)36)57(50,51)52/h20-25,27-30,44H,5-19,26H2,1-4H3,(H,46,47)(H,50,51,52). The van der Waals surface area contributed by atoms with Crippen molar-refractivity contribution in [3.8, 4) is 28.5 Å². The first-order valence-corrected chi connectivity index (χ1v) is 22.7. The molecule has 3 aromatic carbocycles. The highest BCUT2D eigenvalue weighted by atomic mass is 32.2. The van der Waals surface area contributed by atoms with E-state index < -0.39 is 35.9 Å². The summed E-state index contributed by atoms with van der Waals surface area (Å²) in [5, 5.41) is 14.1. The van der Waals surface area contributed by atoms with Gasteiger partial charge in [-0.3, -0.25) is 4.55 Å². The van der Waals surface area contributed by atoms with Crippen molar-refractivity contribution in [2.75, 3.05) is 20.3 Å². The third-order valence-corrected chi connectivity index (χ3v) is 11.9. The van der Waals surface area contributed by atoms with Gasteiger partial charge in [0.15, 0.2) is 11.5 Å². The van der Waals surface area contributed by atoms with Crippen LogP contribution < -0.4 is 24.4 Å². The Kier molecular flexibility index (Phi) is 17.2. The van der Waals surface area contributed by atoms with Gasteiger partial charge in [0.1, 0.15) is 10.6 Å². The van der Waals surface area contributed by atoms with Crippen molar-refractivity contribution < 1.29 is 45.5 Å². The number of fused-ring (bicyclic) bond motifs is 1. The van der Waals surface area contributed by atoms with Gasteiger partial charge in [-0.2, -0.15) is 26.8 Å². The maximum absolute atomic E-state index is 13.9. The lowest BCUT2D eigenvalue weighted by Crippen LogP contribution is -2.24. The van der Waals surface area contributed by atoms with Gasteiger partial charge in [0.2, 0.25) is 0 Å². The van der Waals surface area contributed by atoms with Gasteiger partial charge >= 0.3 is 5.97 Å². The first-order chi connectivity index (χ1) is 27.3. The normalized spacial score (nSPS) is 12.2. The summed E-state index contributed by atoms with van der Waals surface area (Å²) < 4.78 is 80.7. The molecular formula is C42H57N3O10S2. The average Bonchev–Trinajstić information content (AvgIpc) is 3.19. The van der Waals surface area contributed by atoms with Crippen molar-refractivity contribution in [3.05, 3.63) is 71.6 Å². The molecular weight excluding hydrogens is 771 g/mol. The molecule has 0 spiro atoms. The molecule has 4 rings (SSSR count). The van der Waals surface area contributed by atoms with Crippen LogP contribution in [-0.2, 0) is 27.2 Å². The molecule has 4 aromatic rings. The number of carboxylic acid groups (broad SMARTS) is 1. The first-order valence-electron chi connectivity index (χ1n) is 19.8. The molecule has 0 aliphatic carbocycles. The maximum atomic E-state index is 13.9. The lowest BCUT2D eigenvalue weighted by molar-refractivity contribution is 0.0696. The summed E-state index contributed by atoms with van der Waals surface area (Å²) in [6, 6.07) is 14.3. The van der Waals surface area contributed by atoms with E-state index in [9.17, 15) is 31.3 Å². The van der Waals surface area contributed by atoms with Gasteiger partial charge in [-0.05, 0) is 74.0 Å². The SMILES string of the molecule is CCCCCCCCCCCCCCCCOc1ccc(C(=O)O)cc1S(=O)(=O)NN=c1cc(-c2ccc(OCC)c(OC)c2)n(C)c2ccc(S(=O)(=O)O)cc12. The highest BCUT2D eigenvalue weighted by Crippen LogP contribution is 2.33. The van der Waals surface area contributed by atoms with Gasteiger partial charge in [0.25, 0.3) is 20.1 Å². The number of benzene rings is 3. The van der Waals surface area contributed by atoms with Crippen molar-refractivity contribution >= 4 is 37.0 Å². The summed E-state index contributed by atoms with van der Waals surface area (Å²) in [5.74, 6) is -0.377. The predicted octanol–water partition coefficient (Wildman–Crippen LogP) is 8.85. The number of hydrogen-bond acceptors (Lipinski definition) is 9. The van der Waals surface area contributed by atoms with Crippen LogP contribution in [0.4, 0.5) is 0 Å². The van der Waals surface area contributed by atoms with Crippen LogP contribution in [0.25, 0.3) is 22.2 Å². The van der Waals surface area contributed by atoms with Crippen molar-refractivity contribution in [3.63, 3.8) is 0 Å². The second kappa shape index (κ2) is 21.8. The summed E-state index contributed by atoms with van der Waals surface area (Å²) in [7, 11) is -5.94. The predicted molar refractivity (Wildman–Crippen MR) is 221 cm³/mol. The first kappa shape index (κ1) is 45.1. The number of aromatic nitrogens is 1. The van der Waals surface area contributed by atoms with Crippen LogP contribution in [0.1, 0.15) is 114 Å². The lowest BCUT2D eigenvalue weighted by Gasteiger charge is -2.16. The number of aromatic carboxylic acids is 1. The Morgan fingerprint density at radius 2 is 1.35 bits per heavy atom. The summed E-state index contributed by atoms with van der Waals surface area (Å²) in [6.45, 7) is 4.73. The summed E-state index contributed by atoms with van der Waals surface area (Å²) in [4.78, 5) is 13.2. The lowest BCUT2D eigenvalue weighted by atomic mass is 10.0. The summed E-state index contributed by atoms with van der Waals surface area (Å²) in [5.41, 5.74) is 1.38. The second-order valence-corrected chi connectivity index (χ2v) is 17.1. The summed E-state index contributed by atoms with van der Waals surface area (Å²) >= 11 is 0. The van der Waals surface area contributed by atoms with Crippen LogP contribution in [0.3, 0.4) is 0 Å². The number of aryl methyl sites for hydroxylation is 1. The largest absolute Gasteiger partial charge is 0.493 e. The molecule has 312 valence electrons. The average molecular weight is 828 g/mol. The Balaban J connectivity index is 1.54. The highest BCUT2D eigenvalue weighted by molar-refractivity contribution is 7.89. The van der Waals surface area contributed by atoms with Gasteiger partial charge in [-0.15, -0.1) is 0 Å². The molecule has 0 saturated heterocycles. The molecule has 0 unspecified atom stereocenters. The number of pyridine rings is 1. The number of unbranched alkanes of at least 4 members (excludes halogenated alkanes) is 13. The number of rotatable bonds is 25. The molecule has 1 aromatic heterocycles. The van der Waals surface area contributed by atoms with E-state index in [-0.39, 0.29) is 28.7 Å². The number of ether oxygens (including phenoxy) is 3. The molecule has 0 aliphatic heterocycles. The van der Waals surface area contributed by atoms with E-state index in [4.69, 9.17) is 14.2 Å². The van der Waals surface area contributed by atoms with Gasteiger partial charge in [-0.25, -0.2) is 4.79 Å². The Morgan fingerprint density at radius 1 is 0.737 bits per heavy atom. The number of nitrogens with one attached hydrogen (secondary N) is 1. The molecule has 0 fully saturated rings. The zero-order chi connectivity index (χ0) is 41.4. The van der Waals surface area contributed by atoms with Gasteiger partial charge in [0, 0.05) is 18.0 Å². The Labute approximate surface area is 336 Å². The fraction of sp³-hybridized carbons (Fsp3) is 0.476. The van der Waals surface area contributed by atoms with Crippen LogP contribution in [-0.4, -0.2) is 57.4 Å². The number of carbonyl (C=O) groups is 1. The third-order valence-electron chi connectivity index (χ3n) is 9.82. The van der Waals surface area contributed by atoms with Crippen molar-refractivity contribution in [1.29, 1.82) is 0 Å². The van der Waals surface area contributed by atoms with E-state index in [1.807, 2.05) is 6.92 Å². The van der Waals surface area contributed by atoms with Crippen molar-refractivity contribution in [2.24, 2.45) is 12.1 Å². The zero-order valence-electron chi connectivity index (χ0n) is 33.5. The van der Waals surface area contributed by atoms with Crippen LogP contribution >= 0.6 is 0 Å². The van der Waals surface area contributed by atoms with E-state index in [2.05, 4.69) is 16.9 Å². The molecule has 1 heterocycles. The molecule has 57 heavy (non-hydrogen) atoms. The quantitative estimate of drug-likeness (QED) is 0.0332. The van der Waals surface area contributed by atoms with Crippen molar-refractivity contribution in [2.45, 2.75) is 114 Å². The second-order valence-electron chi connectivity index (χ2n) is 14.0. The Bertz CT molecular complexity index is 2250. The van der Waals surface area contributed by atoms with Gasteiger partial charge < -0.3 is 23.9 Å². The molecule has 0 atom stereocenters. The third kappa shape index (κ3) is 13.0.